The molecule has 9 rings (SSSR count). The number of pyridine rings is 1. The third-order valence-electron chi connectivity index (χ3n) is 13.2. The summed E-state index contributed by atoms with van der Waals surface area (Å²) < 4.78 is 40.8. The van der Waals surface area contributed by atoms with Crippen LogP contribution in [0.1, 0.15) is 107 Å². The molecule has 6 aliphatic rings. The van der Waals surface area contributed by atoms with E-state index in [1.165, 1.54) is 16.2 Å². The van der Waals surface area contributed by atoms with Crippen LogP contribution in [0.3, 0.4) is 0 Å². The zero-order chi connectivity index (χ0) is 42.5. The molecule has 0 bridgehead atoms. The fourth-order valence-electron chi connectivity index (χ4n) is 9.14. The normalized spacial score (nSPS) is 27.3. The number of urea groups is 1. The number of hydrogen-bond donors (Lipinski definition) is 3. The number of piperidine rings is 1. The average Bonchev–Trinajstić information content (AvgIpc) is 4.21. The van der Waals surface area contributed by atoms with Gasteiger partial charge in [0.2, 0.25) is 21.8 Å². The number of amides is 5. The summed E-state index contributed by atoms with van der Waals surface area (Å²) in [5, 5.41) is 8.95. The number of methoxy groups -OCH3 is 1. The van der Waals surface area contributed by atoms with Crippen molar-refractivity contribution < 1.29 is 37.1 Å². The van der Waals surface area contributed by atoms with Gasteiger partial charge in [0, 0.05) is 53.7 Å². The molecule has 17 heteroatoms. The van der Waals surface area contributed by atoms with Crippen LogP contribution in [0.25, 0.3) is 21.6 Å². The first-order valence-corrected chi connectivity index (χ1v) is 24.4. The third kappa shape index (κ3) is 8.69. The summed E-state index contributed by atoms with van der Waals surface area (Å²) in [5.41, 5.74) is 1.71. The average molecular weight is 874 g/mol. The topological polar surface area (TPSA) is 189 Å². The van der Waals surface area contributed by atoms with Gasteiger partial charge in [0.15, 0.2) is 0 Å². The quantitative estimate of drug-likeness (QED) is 0.233. The summed E-state index contributed by atoms with van der Waals surface area (Å²) in [6.45, 7) is 3.20. The lowest BCUT2D eigenvalue weighted by molar-refractivity contribution is -0.141. The van der Waals surface area contributed by atoms with E-state index in [9.17, 15) is 27.6 Å². The van der Waals surface area contributed by atoms with Gasteiger partial charge in [-0.25, -0.2) is 23.2 Å². The number of fused-ring (bicyclic) bond motifs is 3. The van der Waals surface area contributed by atoms with Gasteiger partial charge < -0.3 is 29.9 Å². The zero-order valence-electron chi connectivity index (χ0n) is 34.8. The first-order chi connectivity index (χ1) is 29.4. The van der Waals surface area contributed by atoms with E-state index in [-0.39, 0.29) is 25.4 Å². The molecule has 3 aliphatic heterocycles. The van der Waals surface area contributed by atoms with Gasteiger partial charge in [-0.05, 0) is 89.7 Å². The van der Waals surface area contributed by atoms with Crippen LogP contribution in [0.2, 0.25) is 0 Å². The number of sulfonamides is 1. The molecule has 5 heterocycles. The summed E-state index contributed by atoms with van der Waals surface area (Å²) in [5.74, 6) is -0.514. The van der Waals surface area contributed by atoms with Crippen molar-refractivity contribution in [2.75, 3.05) is 26.7 Å². The Morgan fingerprint density at radius 1 is 0.984 bits per heavy atom. The van der Waals surface area contributed by atoms with E-state index in [2.05, 4.69) is 20.7 Å². The number of aryl methyl sites for hydroxylation is 1. The van der Waals surface area contributed by atoms with Crippen LogP contribution in [-0.4, -0.2) is 108 Å². The number of likely N-dealkylation sites (tertiary alicyclic amines) is 1. The first-order valence-electron chi connectivity index (χ1n) is 22.0. The summed E-state index contributed by atoms with van der Waals surface area (Å²) in [7, 11) is -2.29. The number of carbonyl (C=O) groups excluding carboxylic acids is 4. The maximum absolute atomic E-state index is 14.9. The minimum Gasteiger partial charge on any atom is -0.496 e. The second-order valence-electron chi connectivity index (χ2n) is 17.7. The molecule has 61 heavy (non-hydrogen) atoms. The van der Waals surface area contributed by atoms with Gasteiger partial charge in [0.1, 0.15) is 45.9 Å². The predicted octanol–water partition coefficient (Wildman–Crippen LogP) is 5.47. The van der Waals surface area contributed by atoms with Gasteiger partial charge in [-0.1, -0.05) is 25.0 Å². The Morgan fingerprint density at radius 3 is 2.52 bits per heavy atom. The molecule has 3 N–H and O–H groups in total. The standard InChI is InChI=1S/C44H55N7O8S2/c1-26-36(58-2)18-17-31-37(22-33(45-38(26)31)40-46-34(25-60-40)27-13-14-27)59-29-21-35-39(52)48-44(42(54)49-61(56,57)30-15-16-30)23-28(44)11-7-4-3-5-8-12-32(41(53)51(35)24-29)47-43(55)50-19-9-6-10-20-50/h7,11,17-18,22,25,27-30,32,35H,3-6,8-10,12-16,19-21,23-24H2,1-2H3,(H,47,55)(H,48,52)(H,49,54)/t28-,29-,32+,35+,44-/m1/s1. The molecule has 326 valence electrons. The highest BCUT2D eigenvalue weighted by Crippen LogP contribution is 2.47. The first kappa shape index (κ1) is 41.6. The van der Waals surface area contributed by atoms with Crippen molar-refractivity contribution in [3.63, 3.8) is 0 Å². The number of allylic oxidation sites excluding steroid dienone is 1. The van der Waals surface area contributed by atoms with Crippen LogP contribution < -0.4 is 24.8 Å². The van der Waals surface area contributed by atoms with E-state index in [0.29, 0.717) is 67.4 Å². The van der Waals surface area contributed by atoms with Crippen molar-refractivity contribution >= 4 is 56.0 Å². The minimum atomic E-state index is -3.90. The highest BCUT2D eigenvalue weighted by atomic mass is 32.2. The molecule has 3 aliphatic carbocycles. The summed E-state index contributed by atoms with van der Waals surface area (Å²) in [4.78, 5) is 70.3. The molecule has 5 amide bonds. The number of ether oxygens (including phenoxy) is 2. The van der Waals surface area contributed by atoms with E-state index in [4.69, 9.17) is 19.4 Å². The second-order valence-corrected chi connectivity index (χ2v) is 20.5. The fourth-order valence-corrected chi connectivity index (χ4v) is 11.4. The van der Waals surface area contributed by atoms with Crippen molar-refractivity contribution in [2.45, 2.75) is 132 Å². The molecule has 3 saturated carbocycles. The Balaban J connectivity index is 1.05. The van der Waals surface area contributed by atoms with Crippen molar-refractivity contribution in [3.8, 4) is 22.2 Å². The summed E-state index contributed by atoms with van der Waals surface area (Å²) >= 11 is 1.53. The van der Waals surface area contributed by atoms with E-state index in [1.807, 2.05) is 37.3 Å². The van der Waals surface area contributed by atoms with Crippen LogP contribution in [0, 0.1) is 12.8 Å². The molecule has 2 aromatic heterocycles. The largest absolute Gasteiger partial charge is 0.496 e. The number of carbonyl (C=O) groups is 4. The van der Waals surface area contributed by atoms with E-state index < -0.39 is 62.6 Å². The van der Waals surface area contributed by atoms with Gasteiger partial charge in [0.05, 0.1) is 30.1 Å². The SMILES string of the molecule is COc1ccc2c(O[C@@H]3C[C@H]4C(=O)N[C@]5(C(=O)NS(=O)(=O)C6CC6)C[C@H]5C=CCCCCC[C@H](NC(=O)N5CCCCC5)C(=O)N4C3)cc(-c3nc(C4CC4)cs3)nc2c1C. The molecule has 5 atom stereocenters. The van der Waals surface area contributed by atoms with Crippen molar-refractivity contribution in [1.82, 2.24) is 35.1 Å². The smallest absolute Gasteiger partial charge is 0.318 e. The van der Waals surface area contributed by atoms with Crippen molar-refractivity contribution in [2.24, 2.45) is 5.92 Å². The van der Waals surface area contributed by atoms with E-state index in [0.717, 1.165) is 73.0 Å². The highest BCUT2D eigenvalue weighted by Gasteiger charge is 2.62. The van der Waals surface area contributed by atoms with Crippen LogP contribution in [0.5, 0.6) is 11.5 Å². The number of aromatic nitrogens is 2. The maximum Gasteiger partial charge on any atom is 0.318 e. The van der Waals surface area contributed by atoms with Crippen LogP contribution >= 0.6 is 11.3 Å². The molecule has 1 aromatic carbocycles. The summed E-state index contributed by atoms with van der Waals surface area (Å²) in [6.07, 6.45) is 13.0. The Bertz CT molecular complexity index is 2360. The van der Waals surface area contributed by atoms with E-state index in [1.54, 1.807) is 12.0 Å². The van der Waals surface area contributed by atoms with E-state index >= 15 is 0 Å². The van der Waals surface area contributed by atoms with Crippen LogP contribution in [0.4, 0.5) is 4.79 Å². The molecule has 3 aromatic rings. The Labute approximate surface area is 360 Å². The molecular weight excluding hydrogens is 819 g/mol. The molecule has 2 saturated heterocycles. The predicted molar refractivity (Wildman–Crippen MR) is 230 cm³/mol. The zero-order valence-corrected chi connectivity index (χ0v) is 36.5. The Morgan fingerprint density at radius 2 is 1.77 bits per heavy atom. The molecule has 5 fully saturated rings. The number of nitrogens with one attached hydrogen (secondary N) is 3. The molecule has 0 radical (unpaired) electrons. The lowest BCUT2D eigenvalue weighted by atomic mass is 10.0. The number of nitrogens with zero attached hydrogens (tertiary/aromatic N) is 4. The lowest BCUT2D eigenvalue weighted by Gasteiger charge is -2.32. The molecule has 15 nitrogen and oxygen atoms in total. The highest BCUT2D eigenvalue weighted by molar-refractivity contribution is 7.91. The van der Waals surface area contributed by atoms with Gasteiger partial charge >= 0.3 is 6.03 Å². The van der Waals surface area contributed by atoms with Crippen LogP contribution in [-0.2, 0) is 24.4 Å². The Hall–Kier alpha value is -4.77. The minimum absolute atomic E-state index is 0.0307. The molecule has 0 spiro atoms. The van der Waals surface area contributed by atoms with Gasteiger partial charge in [0.25, 0.3) is 5.91 Å². The van der Waals surface area contributed by atoms with Crippen molar-refractivity contribution in [3.05, 3.63) is 47.0 Å². The molecule has 0 unspecified atom stereocenters. The monoisotopic (exact) mass is 873 g/mol. The van der Waals surface area contributed by atoms with Gasteiger partial charge in [-0.15, -0.1) is 11.3 Å². The Kier molecular flexibility index (Phi) is 11.5. The van der Waals surface area contributed by atoms with Crippen LogP contribution in [0.15, 0.2) is 35.7 Å². The number of thiazole rings is 1. The second kappa shape index (κ2) is 16.8. The summed E-state index contributed by atoms with van der Waals surface area (Å²) in [6, 6.07) is 3.34. The number of hydrogen-bond acceptors (Lipinski definition) is 11. The van der Waals surface area contributed by atoms with Gasteiger partial charge in [-0.3, -0.25) is 19.1 Å². The maximum atomic E-state index is 14.9. The number of benzene rings is 1. The third-order valence-corrected chi connectivity index (χ3v) is 15.9. The van der Waals surface area contributed by atoms with Gasteiger partial charge in [-0.2, -0.15) is 0 Å². The number of rotatable bonds is 9. The van der Waals surface area contributed by atoms with Crippen molar-refractivity contribution in [1.29, 1.82) is 0 Å². The fraction of sp³-hybridized carbons (Fsp3) is 0.591. The lowest BCUT2D eigenvalue weighted by Crippen LogP contribution is -2.59. The molecular formula is C44H55N7O8S2.